The van der Waals surface area contributed by atoms with Gasteiger partial charge in [-0.15, -0.1) is 0 Å². The molecule has 2 rings (SSSR count). The highest BCUT2D eigenvalue weighted by atomic mass is 19.1. The van der Waals surface area contributed by atoms with Crippen LogP contribution in [-0.4, -0.2) is 58.8 Å². The first-order valence-corrected chi connectivity index (χ1v) is 8.82. The van der Waals surface area contributed by atoms with Crippen molar-refractivity contribution < 1.29 is 14.0 Å². The Bertz CT molecular complexity index is 798. The number of carbonyl (C=O) groups excluding carboxylic acids is 2. The van der Waals surface area contributed by atoms with Crippen molar-refractivity contribution in [3.63, 3.8) is 0 Å². The second-order valence-electron chi connectivity index (χ2n) is 6.33. The molecule has 28 heavy (non-hydrogen) atoms. The molecular formula is C20H24FN5O2. The highest BCUT2D eigenvalue weighted by Gasteiger charge is 2.26. The third kappa shape index (κ3) is 5.95. The average Bonchev–Trinajstić information content (AvgIpc) is 2.70. The minimum absolute atomic E-state index is 0.151. The van der Waals surface area contributed by atoms with Crippen LogP contribution in [0.4, 0.5) is 10.1 Å². The summed E-state index contributed by atoms with van der Waals surface area (Å²) in [4.78, 5) is 36.2. The van der Waals surface area contributed by atoms with E-state index in [-0.39, 0.29) is 17.6 Å². The number of halogens is 1. The van der Waals surface area contributed by atoms with Gasteiger partial charge in [-0.2, -0.15) is 0 Å². The van der Waals surface area contributed by atoms with Gasteiger partial charge in [0.2, 0.25) is 11.8 Å². The van der Waals surface area contributed by atoms with Crippen LogP contribution >= 0.6 is 0 Å². The zero-order valence-electron chi connectivity index (χ0n) is 16.0. The molecule has 0 spiro atoms. The molecule has 0 saturated carbocycles. The van der Waals surface area contributed by atoms with Crippen LogP contribution in [0.25, 0.3) is 0 Å². The molecule has 1 aromatic carbocycles. The summed E-state index contributed by atoms with van der Waals surface area (Å²) in [7, 11) is 3.50. The molecule has 8 heteroatoms. The van der Waals surface area contributed by atoms with Crippen molar-refractivity contribution in [1.29, 1.82) is 0 Å². The highest BCUT2D eigenvalue weighted by molar-refractivity contribution is 5.95. The molecular weight excluding hydrogens is 361 g/mol. The van der Waals surface area contributed by atoms with Crippen molar-refractivity contribution in [2.24, 2.45) is 0 Å². The van der Waals surface area contributed by atoms with Crippen LogP contribution in [0.3, 0.4) is 0 Å². The fourth-order valence-corrected chi connectivity index (χ4v) is 2.71. The van der Waals surface area contributed by atoms with Gasteiger partial charge in [-0.25, -0.2) is 4.39 Å². The molecule has 1 unspecified atom stereocenters. The number of anilines is 1. The van der Waals surface area contributed by atoms with E-state index in [1.165, 1.54) is 42.7 Å². The van der Waals surface area contributed by atoms with Crippen LogP contribution in [0, 0.1) is 5.82 Å². The van der Waals surface area contributed by atoms with Crippen molar-refractivity contribution in [1.82, 2.24) is 19.8 Å². The molecule has 0 aliphatic carbocycles. The lowest BCUT2D eigenvalue weighted by Gasteiger charge is -2.27. The summed E-state index contributed by atoms with van der Waals surface area (Å²) >= 11 is 0. The minimum Gasteiger partial charge on any atom is -0.342 e. The molecule has 148 valence electrons. The first-order chi connectivity index (χ1) is 13.4. The Balaban J connectivity index is 2.08. The summed E-state index contributed by atoms with van der Waals surface area (Å²) in [6.07, 6.45) is 6.53. The molecule has 0 aliphatic rings. The molecule has 7 nitrogen and oxygen atoms in total. The fraction of sp³-hybridized carbons (Fsp3) is 0.300. The van der Waals surface area contributed by atoms with Crippen LogP contribution in [0.1, 0.15) is 18.2 Å². The van der Waals surface area contributed by atoms with E-state index >= 15 is 0 Å². The molecule has 1 N–H and O–H groups in total. The summed E-state index contributed by atoms with van der Waals surface area (Å²) in [5, 5.41) is 2.78. The second-order valence-corrected chi connectivity index (χ2v) is 6.33. The first-order valence-electron chi connectivity index (χ1n) is 8.82. The van der Waals surface area contributed by atoms with E-state index in [0.717, 1.165) is 0 Å². The topological polar surface area (TPSA) is 78.4 Å². The SMILES string of the molecule is C=CC(=O)N(C)CCCN(C)C(C(=O)Nc1ccc(F)cc1)c1cnccn1. The van der Waals surface area contributed by atoms with E-state index in [4.69, 9.17) is 0 Å². The van der Waals surface area contributed by atoms with Gasteiger partial charge in [0.25, 0.3) is 0 Å². The Hall–Kier alpha value is -3.13. The number of aromatic nitrogens is 2. The van der Waals surface area contributed by atoms with Gasteiger partial charge in [0.05, 0.1) is 11.9 Å². The zero-order chi connectivity index (χ0) is 20.5. The number of hydrogen-bond donors (Lipinski definition) is 1. The average molecular weight is 385 g/mol. The lowest BCUT2D eigenvalue weighted by Crippen LogP contribution is -2.37. The van der Waals surface area contributed by atoms with E-state index in [9.17, 15) is 14.0 Å². The van der Waals surface area contributed by atoms with E-state index in [1.54, 1.807) is 25.2 Å². The maximum Gasteiger partial charge on any atom is 0.248 e. The molecule has 2 aromatic rings. The van der Waals surface area contributed by atoms with Gasteiger partial charge >= 0.3 is 0 Å². The van der Waals surface area contributed by atoms with Crippen molar-refractivity contribution in [3.05, 3.63) is 67.0 Å². The molecule has 1 aromatic heterocycles. The molecule has 0 saturated heterocycles. The third-order valence-corrected chi connectivity index (χ3v) is 4.22. The number of carbonyl (C=O) groups is 2. The molecule has 0 fully saturated rings. The standard InChI is InChI=1S/C20H24FN5O2/c1-4-18(27)25(2)12-5-13-26(3)19(17-14-22-10-11-23-17)20(28)24-16-8-6-15(21)7-9-16/h4,6-11,14,19H,1,5,12-13H2,2-3H3,(H,24,28). The summed E-state index contributed by atoms with van der Waals surface area (Å²) in [6, 6.07) is 4.87. The van der Waals surface area contributed by atoms with E-state index in [0.29, 0.717) is 30.9 Å². The van der Waals surface area contributed by atoms with Gasteiger partial charge in [0, 0.05) is 38.2 Å². The van der Waals surface area contributed by atoms with E-state index in [2.05, 4.69) is 21.9 Å². The summed E-state index contributed by atoms with van der Waals surface area (Å²) < 4.78 is 13.1. The molecule has 0 bridgehead atoms. The Morgan fingerprint density at radius 3 is 2.54 bits per heavy atom. The van der Waals surface area contributed by atoms with Crippen LogP contribution in [0.2, 0.25) is 0 Å². The van der Waals surface area contributed by atoms with Gasteiger partial charge in [-0.1, -0.05) is 6.58 Å². The smallest absolute Gasteiger partial charge is 0.248 e. The van der Waals surface area contributed by atoms with Gasteiger partial charge in [0.15, 0.2) is 0 Å². The Morgan fingerprint density at radius 2 is 1.93 bits per heavy atom. The molecule has 2 amide bonds. The van der Waals surface area contributed by atoms with E-state index < -0.39 is 6.04 Å². The lowest BCUT2D eigenvalue weighted by atomic mass is 10.1. The number of amides is 2. The number of likely N-dealkylation sites (N-methyl/N-ethyl adjacent to an activating group) is 2. The van der Waals surface area contributed by atoms with Crippen LogP contribution in [0.5, 0.6) is 0 Å². The highest BCUT2D eigenvalue weighted by Crippen LogP contribution is 2.20. The Kier molecular flexibility index (Phi) is 7.76. The second kappa shape index (κ2) is 10.3. The first kappa shape index (κ1) is 21.2. The molecule has 0 radical (unpaired) electrons. The normalized spacial score (nSPS) is 11.7. The van der Waals surface area contributed by atoms with Crippen molar-refractivity contribution in [3.8, 4) is 0 Å². The maximum atomic E-state index is 13.1. The van der Waals surface area contributed by atoms with Crippen molar-refractivity contribution in [2.75, 3.05) is 32.5 Å². The maximum absolute atomic E-state index is 13.1. The summed E-state index contributed by atoms with van der Waals surface area (Å²) in [5.41, 5.74) is 0.991. The van der Waals surface area contributed by atoms with Gasteiger partial charge in [-0.05, 0) is 43.8 Å². The monoisotopic (exact) mass is 385 g/mol. The van der Waals surface area contributed by atoms with Gasteiger partial charge < -0.3 is 10.2 Å². The van der Waals surface area contributed by atoms with Crippen molar-refractivity contribution >= 4 is 17.5 Å². The largest absolute Gasteiger partial charge is 0.342 e. The van der Waals surface area contributed by atoms with Crippen LogP contribution < -0.4 is 5.32 Å². The van der Waals surface area contributed by atoms with Crippen molar-refractivity contribution in [2.45, 2.75) is 12.5 Å². The summed E-state index contributed by atoms with van der Waals surface area (Å²) in [6.45, 7) is 4.55. The van der Waals surface area contributed by atoms with Gasteiger partial charge in [-0.3, -0.25) is 24.5 Å². The fourth-order valence-electron chi connectivity index (χ4n) is 2.71. The van der Waals surface area contributed by atoms with Crippen LogP contribution in [0.15, 0.2) is 55.5 Å². The van der Waals surface area contributed by atoms with E-state index in [1.807, 2.05) is 4.90 Å². The Labute approximate surface area is 163 Å². The number of nitrogens with one attached hydrogen (secondary N) is 1. The van der Waals surface area contributed by atoms with Gasteiger partial charge in [0.1, 0.15) is 11.9 Å². The number of benzene rings is 1. The Morgan fingerprint density at radius 1 is 1.21 bits per heavy atom. The quantitative estimate of drug-likeness (QED) is 0.670. The predicted molar refractivity (Wildman–Crippen MR) is 105 cm³/mol. The lowest BCUT2D eigenvalue weighted by molar-refractivity contribution is -0.125. The molecule has 0 aliphatic heterocycles. The number of rotatable bonds is 9. The zero-order valence-corrected chi connectivity index (χ0v) is 16.0. The predicted octanol–water partition coefficient (Wildman–Crippen LogP) is 2.26. The third-order valence-electron chi connectivity index (χ3n) is 4.22. The number of nitrogens with zero attached hydrogens (tertiary/aromatic N) is 4. The van der Waals surface area contributed by atoms with Crippen LogP contribution in [-0.2, 0) is 9.59 Å². The summed E-state index contributed by atoms with van der Waals surface area (Å²) in [5.74, 6) is -0.828. The molecule has 1 atom stereocenters. The molecule has 1 heterocycles. The minimum atomic E-state index is -0.681. The number of hydrogen-bond acceptors (Lipinski definition) is 5.